The van der Waals surface area contributed by atoms with Gasteiger partial charge in [0.15, 0.2) is 5.82 Å². The molecule has 150 valence electrons. The normalized spacial score (nSPS) is 23.7. The van der Waals surface area contributed by atoms with Gasteiger partial charge in [0.25, 0.3) is 0 Å². The molecule has 0 radical (unpaired) electrons. The lowest BCUT2D eigenvalue weighted by Gasteiger charge is -2.40. The molecule has 1 aliphatic rings. The van der Waals surface area contributed by atoms with Crippen molar-refractivity contribution in [3.8, 4) is 0 Å². The second-order valence-electron chi connectivity index (χ2n) is 8.36. The van der Waals surface area contributed by atoms with Gasteiger partial charge in [-0.25, -0.2) is 0 Å². The van der Waals surface area contributed by atoms with Crippen LogP contribution in [0.1, 0.15) is 39.4 Å². The minimum Gasteiger partial charge on any atom is -0.368 e. The van der Waals surface area contributed by atoms with Crippen LogP contribution in [0.3, 0.4) is 0 Å². The maximum absolute atomic E-state index is 13.0. The Labute approximate surface area is 160 Å². The molecule has 2 amide bonds. The lowest BCUT2D eigenvalue weighted by molar-refractivity contribution is -0.142. The van der Waals surface area contributed by atoms with E-state index in [1.807, 2.05) is 20.8 Å². The lowest BCUT2D eigenvalue weighted by atomic mass is 9.65. The highest BCUT2D eigenvalue weighted by molar-refractivity contribution is 5.87. The molecule has 1 fully saturated rings. The Hall–Kier alpha value is -2.45. The zero-order chi connectivity index (χ0) is 20.6. The fourth-order valence-corrected chi connectivity index (χ4v) is 3.71. The van der Waals surface area contributed by atoms with Gasteiger partial charge in [-0.2, -0.15) is 15.0 Å². The molecule has 0 bridgehead atoms. The van der Waals surface area contributed by atoms with Gasteiger partial charge in [-0.1, -0.05) is 20.8 Å². The molecule has 0 spiro atoms. The first-order valence-corrected chi connectivity index (χ1v) is 9.07. The van der Waals surface area contributed by atoms with Crippen LogP contribution in [0.5, 0.6) is 0 Å². The van der Waals surface area contributed by atoms with Crippen molar-refractivity contribution < 1.29 is 9.59 Å². The average Bonchev–Trinajstić information content (AvgIpc) is 2.82. The van der Waals surface area contributed by atoms with E-state index in [1.165, 1.54) is 0 Å². The molecule has 0 saturated heterocycles. The molecule has 27 heavy (non-hydrogen) atoms. The topological polar surface area (TPSA) is 117 Å². The van der Waals surface area contributed by atoms with Gasteiger partial charge in [0.1, 0.15) is 0 Å². The van der Waals surface area contributed by atoms with E-state index in [-0.39, 0.29) is 30.2 Å². The smallest absolute Gasteiger partial charge is 0.229 e. The van der Waals surface area contributed by atoms with Crippen LogP contribution in [0, 0.1) is 16.7 Å². The van der Waals surface area contributed by atoms with Gasteiger partial charge in [0.2, 0.25) is 23.7 Å². The van der Waals surface area contributed by atoms with Crippen LogP contribution < -0.4 is 16.0 Å². The summed E-state index contributed by atoms with van der Waals surface area (Å²) in [5.74, 6) is 0.735. The Morgan fingerprint density at radius 1 is 1.15 bits per heavy atom. The number of nitrogens with zero attached hydrogens (tertiary/aromatic N) is 5. The van der Waals surface area contributed by atoms with Crippen molar-refractivity contribution in [1.29, 1.82) is 0 Å². The van der Waals surface area contributed by atoms with Crippen LogP contribution in [-0.4, -0.2) is 59.9 Å². The van der Waals surface area contributed by atoms with Crippen molar-refractivity contribution in [1.82, 2.24) is 25.2 Å². The number of anilines is 2. The molecule has 1 aliphatic carbocycles. The van der Waals surface area contributed by atoms with E-state index in [0.29, 0.717) is 24.6 Å². The molecule has 3 N–H and O–H groups in total. The third-order valence-electron chi connectivity index (χ3n) is 5.96. The van der Waals surface area contributed by atoms with Crippen LogP contribution in [0.4, 0.5) is 11.9 Å². The van der Waals surface area contributed by atoms with Gasteiger partial charge in [-0.05, 0) is 18.3 Å². The Morgan fingerprint density at radius 3 is 2.33 bits per heavy atom. The molecule has 0 unspecified atom stereocenters. The average molecular weight is 377 g/mol. The van der Waals surface area contributed by atoms with Crippen molar-refractivity contribution >= 4 is 23.7 Å². The summed E-state index contributed by atoms with van der Waals surface area (Å²) in [7, 11) is 7.12. The third-order valence-corrected chi connectivity index (χ3v) is 5.96. The molecule has 0 aromatic carbocycles. The van der Waals surface area contributed by atoms with E-state index in [9.17, 15) is 9.59 Å². The number of aromatic nitrogens is 3. The molecule has 1 aromatic heterocycles. The number of amides is 2. The minimum absolute atomic E-state index is 0.0670. The summed E-state index contributed by atoms with van der Waals surface area (Å²) < 4.78 is 0. The summed E-state index contributed by atoms with van der Waals surface area (Å²) in [5, 5.41) is 2.93. The number of carbonyl (C=O) groups excluding carboxylic acids is 2. The highest BCUT2D eigenvalue weighted by Gasteiger charge is 2.58. The number of nitrogens with one attached hydrogen (secondary N) is 1. The first-order chi connectivity index (χ1) is 12.4. The minimum atomic E-state index is -0.660. The largest absolute Gasteiger partial charge is 0.368 e. The summed E-state index contributed by atoms with van der Waals surface area (Å²) in [4.78, 5) is 41.4. The second-order valence-corrected chi connectivity index (χ2v) is 8.36. The molecule has 1 saturated carbocycles. The van der Waals surface area contributed by atoms with Crippen LogP contribution in [0.2, 0.25) is 0 Å². The zero-order valence-corrected chi connectivity index (χ0v) is 17.3. The Kier molecular flexibility index (Phi) is 5.63. The number of hydrogen-bond donors (Lipinski definition) is 2. The van der Waals surface area contributed by atoms with Crippen LogP contribution in [0.15, 0.2) is 0 Å². The maximum Gasteiger partial charge on any atom is 0.229 e. The summed E-state index contributed by atoms with van der Waals surface area (Å²) in [6.45, 7) is 6.08. The third kappa shape index (κ3) is 3.81. The van der Waals surface area contributed by atoms with Gasteiger partial charge < -0.3 is 20.9 Å². The van der Waals surface area contributed by atoms with E-state index in [4.69, 9.17) is 5.73 Å². The standard InChI is InChI=1S/C18H31N7O2/c1-17(2)11(13(26)24(4)5)8-9-18(17,3)14(27)20-10-12-21-15(19)23-16(22-12)25(6)7/h11H,8-10H2,1-7H3,(H,20,27)(H2,19,21,22,23)/t11-,18+/m0/s1. The fraction of sp³-hybridized carbons (Fsp3) is 0.722. The second kappa shape index (κ2) is 7.28. The first-order valence-electron chi connectivity index (χ1n) is 9.07. The quantitative estimate of drug-likeness (QED) is 0.774. The monoisotopic (exact) mass is 377 g/mol. The van der Waals surface area contributed by atoms with E-state index in [1.54, 1.807) is 38.0 Å². The zero-order valence-electron chi connectivity index (χ0n) is 17.3. The number of hydrogen-bond acceptors (Lipinski definition) is 7. The predicted molar refractivity (Wildman–Crippen MR) is 104 cm³/mol. The first kappa shape index (κ1) is 20.9. The summed E-state index contributed by atoms with van der Waals surface area (Å²) in [5.41, 5.74) is 4.60. The lowest BCUT2D eigenvalue weighted by Crippen LogP contribution is -2.49. The van der Waals surface area contributed by atoms with Crippen LogP contribution >= 0.6 is 0 Å². The van der Waals surface area contributed by atoms with Gasteiger partial charge in [-0.3, -0.25) is 9.59 Å². The van der Waals surface area contributed by atoms with Crippen molar-refractivity contribution in [3.63, 3.8) is 0 Å². The van der Waals surface area contributed by atoms with E-state index < -0.39 is 10.8 Å². The molecule has 0 aliphatic heterocycles. The molecular weight excluding hydrogens is 346 g/mol. The van der Waals surface area contributed by atoms with Gasteiger partial charge >= 0.3 is 0 Å². The maximum atomic E-state index is 13.0. The molecule has 2 rings (SSSR count). The molecule has 2 atom stereocenters. The van der Waals surface area contributed by atoms with Crippen molar-refractivity contribution in [2.75, 3.05) is 38.8 Å². The van der Waals surface area contributed by atoms with Crippen LogP contribution in [0.25, 0.3) is 0 Å². The molecule has 9 heteroatoms. The number of carbonyl (C=O) groups is 2. The predicted octanol–water partition coefficient (Wildman–Crippen LogP) is 0.667. The van der Waals surface area contributed by atoms with E-state index >= 15 is 0 Å². The molecule has 9 nitrogen and oxygen atoms in total. The Morgan fingerprint density at radius 2 is 1.78 bits per heavy atom. The van der Waals surface area contributed by atoms with Crippen molar-refractivity contribution in [2.24, 2.45) is 16.7 Å². The van der Waals surface area contributed by atoms with Gasteiger partial charge in [-0.15, -0.1) is 0 Å². The number of rotatable bonds is 5. The summed E-state index contributed by atoms with van der Waals surface area (Å²) in [6.07, 6.45) is 1.34. The Bertz CT molecular complexity index is 732. The molecular formula is C18H31N7O2. The highest BCUT2D eigenvalue weighted by Crippen LogP contribution is 2.56. The molecule has 1 aromatic rings. The number of nitrogens with two attached hydrogens (primary N) is 1. The molecule has 1 heterocycles. The van der Waals surface area contributed by atoms with E-state index in [0.717, 1.165) is 0 Å². The van der Waals surface area contributed by atoms with Crippen molar-refractivity contribution in [2.45, 2.75) is 40.2 Å². The summed E-state index contributed by atoms with van der Waals surface area (Å²) in [6, 6.07) is 0. The highest BCUT2D eigenvalue weighted by atomic mass is 16.2. The Balaban J connectivity index is 2.15. The summed E-state index contributed by atoms with van der Waals surface area (Å²) >= 11 is 0. The van der Waals surface area contributed by atoms with E-state index in [2.05, 4.69) is 20.3 Å². The van der Waals surface area contributed by atoms with Crippen molar-refractivity contribution in [3.05, 3.63) is 5.82 Å². The SMILES string of the molecule is CN(C)C(=O)[C@@H]1CC[C@](C)(C(=O)NCc2nc(N)nc(N(C)C)n2)C1(C)C. The van der Waals surface area contributed by atoms with Crippen LogP contribution in [-0.2, 0) is 16.1 Å². The fourth-order valence-electron chi connectivity index (χ4n) is 3.71. The van der Waals surface area contributed by atoms with Gasteiger partial charge in [0.05, 0.1) is 12.0 Å². The van der Waals surface area contributed by atoms with Gasteiger partial charge in [0, 0.05) is 34.1 Å². The number of nitrogen functional groups attached to an aromatic ring is 1.